The van der Waals surface area contributed by atoms with Crippen LogP contribution in [0, 0.1) is 0 Å². The minimum absolute atomic E-state index is 0.160. The Kier molecular flexibility index (Phi) is 5.86. The second-order valence-corrected chi connectivity index (χ2v) is 6.63. The fraction of sp³-hybridized carbons (Fsp3) is 0.286. The first-order valence-corrected chi connectivity index (χ1v) is 9.00. The monoisotopic (exact) mass is 366 g/mol. The number of hydrogen-bond acceptors (Lipinski definition) is 3. The van der Waals surface area contributed by atoms with E-state index >= 15 is 0 Å². The van der Waals surface area contributed by atoms with Gasteiger partial charge in [0.25, 0.3) is 5.91 Å². The zero-order valence-corrected chi connectivity index (χ0v) is 15.0. The molecule has 140 valence electrons. The highest BCUT2D eigenvalue weighted by Gasteiger charge is 2.20. The number of carboxylic acid groups (broad SMARTS) is 1. The molecule has 2 amide bonds. The molecule has 6 heteroatoms. The lowest BCUT2D eigenvalue weighted by atomic mass is 10.1. The molecule has 1 fully saturated rings. The van der Waals surface area contributed by atoms with Crippen molar-refractivity contribution in [3.05, 3.63) is 70.8 Å². The Morgan fingerprint density at radius 1 is 1.04 bits per heavy atom. The lowest BCUT2D eigenvalue weighted by molar-refractivity contribution is -0.128. The van der Waals surface area contributed by atoms with E-state index in [9.17, 15) is 14.4 Å². The SMILES string of the molecule is O=C(O)c1ccc(CCNC(=O)c2cccc(CN3CCCC3=O)c2)cc1. The quantitative estimate of drug-likeness (QED) is 0.788. The number of hydrogen-bond donors (Lipinski definition) is 2. The minimum Gasteiger partial charge on any atom is -0.478 e. The Morgan fingerprint density at radius 3 is 2.48 bits per heavy atom. The van der Waals surface area contributed by atoms with Crippen molar-refractivity contribution in [1.29, 1.82) is 0 Å². The van der Waals surface area contributed by atoms with Crippen molar-refractivity contribution in [1.82, 2.24) is 10.2 Å². The molecule has 1 aliphatic rings. The number of carbonyl (C=O) groups excluding carboxylic acids is 2. The molecule has 0 aromatic heterocycles. The number of carbonyl (C=O) groups is 3. The second-order valence-electron chi connectivity index (χ2n) is 6.63. The number of benzene rings is 2. The fourth-order valence-electron chi connectivity index (χ4n) is 3.14. The predicted octanol–water partition coefficient (Wildman–Crippen LogP) is 2.48. The van der Waals surface area contributed by atoms with E-state index in [-0.39, 0.29) is 17.4 Å². The lowest BCUT2D eigenvalue weighted by Gasteiger charge is -2.16. The summed E-state index contributed by atoms with van der Waals surface area (Å²) >= 11 is 0. The van der Waals surface area contributed by atoms with Crippen molar-refractivity contribution in [2.24, 2.45) is 0 Å². The number of carboxylic acids is 1. The van der Waals surface area contributed by atoms with Gasteiger partial charge in [0.1, 0.15) is 0 Å². The Bertz CT molecular complexity index is 846. The smallest absolute Gasteiger partial charge is 0.335 e. The van der Waals surface area contributed by atoms with Crippen molar-refractivity contribution in [3.63, 3.8) is 0 Å². The third-order valence-corrected chi connectivity index (χ3v) is 4.63. The molecule has 0 unspecified atom stereocenters. The molecule has 0 radical (unpaired) electrons. The van der Waals surface area contributed by atoms with Gasteiger partial charge in [-0.3, -0.25) is 9.59 Å². The summed E-state index contributed by atoms with van der Waals surface area (Å²) in [5.74, 6) is -0.948. The Labute approximate surface area is 157 Å². The van der Waals surface area contributed by atoms with Gasteiger partial charge in [-0.05, 0) is 48.2 Å². The summed E-state index contributed by atoms with van der Waals surface area (Å²) in [6, 6.07) is 14.0. The van der Waals surface area contributed by atoms with Crippen molar-refractivity contribution in [2.75, 3.05) is 13.1 Å². The molecular weight excluding hydrogens is 344 g/mol. The molecule has 0 atom stereocenters. The largest absolute Gasteiger partial charge is 0.478 e. The van der Waals surface area contributed by atoms with Gasteiger partial charge in [0.05, 0.1) is 5.56 Å². The molecule has 2 aromatic carbocycles. The van der Waals surface area contributed by atoms with Gasteiger partial charge in [-0.2, -0.15) is 0 Å². The minimum atomic E-state index is -0.953. The van der Waals surface area contributed by atoms with Gasteiger partial charge in [-0.25, -0.2) is 4.79 Å². The van der Waals surface area contributed by atoms with E-state index in [4.69, 9.17) is 5.11 Å². The number of nitrogens with one attached hydrogen (secondary N) is 1. The maximum absolute atomic E-state index is 12.4. The summed E-state index contributed by atoms with van der Waals surface area (Å²) in [5, 5.41) is 11.8. The average Bonchev–Trinajstić information content (AvgIpc) is 3.07. The summed E-state index contributed by atoms with van der Waals surface area (Å²) in [4.78, 5) is 36.8. The highest BCUT2D eigenvalue weighted by molar-refractivity contribution is 5.94. The predicted molar refractivity (Wildman–Crippen MR) is 101 cm³/mol. The van der Waals surface area contributed by atoms with Crippen LogP contribution in [0.5, 0.6) is 0 Å². The van der Waals surface area contributed by atoms with E-state index in [1.807, 2.05) is 23.1 Å². The molecular formula is C21H22N2O4. The molecule has 0 bridgehead atoms. The van der Waals surface area contributed by atoms with Crippen LogP contribution >= 0.6 is 0 Å². The average molecular weight is 366 g/mol. The van der Waals surface area contributed by atoms with E-state index in [1.165, 1.54) is 0 Å². The lowest BCUT2D eigenvalue weighted by Crippen LogP contribution is -2.26. The number of likely N-dealkylation sites (tertiary alicyclic amines) is 1. The van der Waals surface area contributed by atoms with Gasteiger partial charge in [0, 0.05) is 31.6 Å². The van der Waals surface area contributed by atoms with Crippen LogP contribution in [-0.2, 0) is 17.8 Å². The van der Waals surface area contributed by atoms with Crippen LogP contribution in [0.25, 0.3) is 0 Å². The molecule has 3 rings (SSSR count). The van der Waals surface area contributed by atoms with Crippen molar-refractivity contribution in [3.8, 4) is 0 Å². The van der Waals surface area contributed by atoms with Gasteiger partial charge in [0.2, 0.25) is 5.91 Å². The molecule has 0 aliphatic carbocycles. The van der Waals surface area contributed by atoms with E-state index in [1.54, 1.807) is 30.3 Å². The molecule has 1 aliphatic heterocycles. The Balaban J connectivity index is 1.52. The van der Waals surface area contributed by atoms with E-state index < -0.39 is 5.97 Å². The topological polar surface area (TPSA) is 86.7 Å². The first-order valence-electron chi connectivity index (χ1n) is 9.00. The molecule has 2 N–H and O–H groups in total. The molecule has 0 spiro atoms. The van der Waals surface area contributed by atoms with Crippen LogP contribution in [0.2, 0.25) is 0 Å². The third-order valence-electron chi connectivity index (χ3n) is 4.63. The number of aromatic carboxylic acids is 1. The summed E-state index contributed by atoms with van der Waals surface area (Å²) in [5.41, 5.74) is 2.72. The Morgan fingerprint density at radius 2 is 1.81 bits per heavy atom. The van der Waals surface area contributed by atoms with Gasteiger partial charge in [-0.15, -0.1) is 0 Å². The van der Waals surface area contributed by atoms with Gasteiger partial charge < -0.3 is 15.3 Å². The maximum Gasteiger partial charge on any atom is 0.335 e. The van der Waals surface area contributed by atoms with Crippen LogP contribution in [0.3, 0.4) is 0 Å². The summed E-state index contributed by atoms with van der Waals surface area (Å²) in [6.45, 7) is 1.77. The van der Waals surface area contributed by atoms with Crippen LogP contribution in [0.15, 0.2) is 48.5 Å². The first-order chi connectivity index (χ1) is 13.0. The van der Waals surface area contributed by atoms with Crippen LogP contribution in [-0.4, -0.2) is 40.9 Å². The number of nitrogens with zero attached hydrogens (tertiary/aromatic N) is 1. The molecule has 0 saturated carbocycles. The summed E-state index contributed by atoms with van der Waals surface area (Å²) < 4.78 is 0. The standard InChI is InChI=1S/C21H22N2O4/c24-19-5-2-12-23(19)14-16-3-1-4-18(13-16)20(25)22-11-10-15-6-8-17(9-7-15)21(26)27/h1,3-4,6-9,13H,2,5,10-12,14H2,(H,22,25)(H,26,27). The first kappa shape index (κ1) is 18.6. The Hall–Kier alpha value is -3.15. The van der Waals surface area contributed by atoms with Crippen LogP contribution < -0.4 is 5.32 Å². The molecule has 27 heavy (non-hydrogen) atoms. The van der Waals surface area contributed by atoms with Crippen LogP contribution in [0.1, 0.15) is 44.7 Å². The normalized spacial score (nSPS) is 13.6. The van der Waals surface area contributed by atoms with Gasteiger partial charge in [0.15, 0.2) is 0 Å². The summed E-state index contributed by atoms with van der Waals surface area (Å²) in [6.07, 6.45) is 2.12. The van der Waals surface area contributed by atoms with Crippen molar-refractivity contribution < 1.29 is 19.5 Å². The molecule has 1 saturated heterocycles. The third kappa shape index (κ3) is 4.94. The number of rotatable bonds is 7. The maximum atomic E-state index is 12.4. The van der Waals surface area contributed by atoms with E-state index in [0.29, 0.717) is 31.5 Å². The van der Waals surface area contributed by atoms with Gasteiger partial charge in [-0.1, -0.05) is 24.3 Å². The molecule has 6 nitrogen and oxygen atoms in total. The van der Waals surface area contributed by atoms with Crippen molar-refractivity contribution >= 4 is 17.8 Å². The van der Waals surface area contributed by atoms with E-state index in [2.05, 4.69) is 5.32 Å². The fourth-order valence-corrected chi connectivity index (χ4v) is 3.14. The zero-order chi connectivity index (χ0) is 19.2. The molecule has 1 heterocycles. The molecule has 2 aromatic rings. The van der Waals surface area contributed by atoms with Gasteiger partial charge >= 0.3 is 5.97 Å². The van der Waals surface area contributed by atoms with E-state index in [0.717, 1.165) is 24.1 Å². The summed E-state index contributed by atoms with van der Waals surface area (Å²) in [7, 11) is 0. The highest BCUT2D eigenvalue weighted by atomic mass is 16.4. The second kappa shape index (κ2) is 8.49. The van der Waals surface area contributed by atoms with Crippen molar-refractivity contribution in [2.45, 2.75) is 25.8 Å². The van der Waals surface area contributed by atoms with Crippen LogP contribution in [0.4, 0.5) is 0 Å². The highest BCUT2D eigenvalue weighted by Crippen LogP contribution is 2.15. The zero-order valence-electron chi connectivity index (χ0n) is 15.0. The number of amides is 2.